The first kappa shape index (κ1) is 20.7. The third-order valence-corrected chi connectivity index (χ3v) is 5.31. The van der Waals surface area contributed by atoms with E-state index in [2.05, 4.69) is 43.3 Å². The van der Waals surface area contributed by atoms with Crippen molar-refractivity contribution in [3.8, 4) is 0 Å². The fourth-order valence-electron chi connectivity index (χ4n) is 2.63. The van der Waals surface area contributed by atoms with Gasteiger partial charge in [-0.15, -0.1) is 35.3 Å². The maximum atomic E-state index is 4.81. The maximum Gasteiger partial charge on any atom is 0.193 e. The molecule has 0 saturated carbocycles. The highest BCUT2D eigenvalue weighted by Crippen LogP contribution is 2.19. The van der Waals surface area contributed by atoms with Gasteiger partial charge in [0.05, 0.1) is 10.7 Å². The van der Waals surface area contributed by atoms with Gasteiger partial charge in [0.2, 0.25) is 0 Å². The van der Waals surface area contributed by atoms with Crippen molar-refractivity contribution in [1.29, 1.82) is 0 Å². The van der Waals surface area contributed by atoms with E-state index in [1.54, 1.807) is 11.3 Å². The van der Waals surface area contributed by atoms with Crippen molar-refractivity contribution in [2.45, 2.75) is 52.9 Å². The number of aromatic nitrogens is 1. The summed E-state index contributed by atoms with van der Waals surface area (Å²) in [4.78, 5) is 11.9. The number of hydrogen-bond donors (Lipinski definition) is 1. The lowest BCUT2D eigenvalue weighted by Gasteiger charge is -2.33. The van der Waals surface area contributed by atoms with Gasteiger partial charge in [-0.3, -0.25) is 4.99 Å². The molecule has 1 aliphatic heterocycles. The second-order valence-electron chi connectivity index (χ2n) is 6.49. The van der Waals surface area contributed by atoms with E-state index >= 15 is 0 Å². The second kappa shape index (κ2) is 10.5. The van der Waals surface area contributed by atoms with Crippen LogP contribution in [-0.2, 0) is 6.42 Å². The summed E-state index contributed by atoms with van der Waals surface area (Å²) in [5.41, 5.74) is 1.18. The number of nitrogens with one attached hydrogen (secondary N) is 1. The molecule has 0 unspecified atom stereocenters. The van der Waals surface area contributed by atoms with E-state index in [0.29, 0.717) is 5.92 Å². The van der Waals surface area contributed by atoms with Gasteiger partial charge in [-0.05, 0) is 25.7 Å². The topological polar surface area (TPSA) is 40.5 Å². The van der Waals surface area contributed by atoms with Crippen LogP contribution in [0.15, 0.2) is 10.4 Å². The third kappa shape index (κ3) is 6.57. The minimum atomic E-state index is 0. The third-order valence-electron chi connectivity index (χ3n) is 4.11. The van der Waals surface area contributed by atoms with E-state index in [4.69, 9.17) is 9.98 Å². The Hall–Kier alpha value is -0.370. The standard InChI is InChI=1S/C17H30N4S.HI/c1-5-18-17(21-10-7-14(4)8-11-21)19-9-6-15-12-22-16(20-15)13(2)3;/h12-14H,5-11H2,1-4H3,(H,18,19);1H. The zero-order valence-electron chi connectivity index (χ0n) is 14.8. The average molecular weight is 450 g/mol. The van der Waals surface area contributed by atoms with Crippen LogP contribution in [0, 0.1) is 5.92 Å². The van der Waals surface area contributed by atoms with Gasteiger partial charge in [-0.25, -0.2) is 4.98 Å². The van der Waals surface area contributed by atoms with Gasteiger partial charge >= 0.3 is 0 Å². The minimum absolute atomic E-state index is 0. The molecule has 1 N–H and O–H groups in total. The maximum absolute atomic E-state index is 4.81. The van der Waals surface area contributed by atoms with Crippen molar-refractivity contribution in [2.24, 2.45) is 10.9 Å². The van der Waals surface area contributed by atoms with Crippen molar-refractivity contribution in [3.05, 3.63) is 16.1 Å². The van der Waals surface area contributed by atoms with Gasteiger partial charge in [0, 0.05) is 43.9 Å². The highest BCUT2D eigenvalue weighted by atomic mass is 127. The van der Waals surface area contributed by atoms with Gasteiger partial charge < -0.3 is 10.2 Å². The number of piperidine rings is 1. The van der Waals surface area contributed by atoms with Crippen molar-refractivity contribution in [1.82, 2.24) is 15.2 Å². The Labute approximate surface area is 162 Å². The van der Waals surface area contributed by atoms with Gasteiger partial charge in [-0.1, -0.05) is 20.8 Å². The lowest BCUT2D eigenvalue weighted by molar-refractivity contribution is 0.273. The molecule has 0 spiro atoms. The van der Waals surface area contributed by atoms with Crippen LogP contribution in [0.5, 0.6) is 0 Å². The number of rotatable bonds is 5. The summed E-state index contributed by atoms with van der Waals surface area (Å²) in [6.45, 7) is 12.9. The van der Waals surface area contributed by atoms with Crippen molar-refractivity contribution < 1.29 is 0 Å². The molecule has 4 nitrogen and oxygen atoms in total. The van der Waals surface area contributed by atoms with E-state index in [-0.39, 0.29) is 24.0 Å². The molecule has 0 aromatic carbocycles. The molecule has 0 atom stereocenters. The molecule has 0 radical (unpaired) electrons. The Kier molecular flexibility index (Phi) is 9.43. The molecule has 6 heteroatoms. The fourth-order valence-corrected chi connectivity index (χ4v) is 3.49. The largest absolute Gasteiger partial charge is 0.357 e. The zero-order chi connectivity index (χ0) is 15.9. The molecule has 0 amide bonds. The highest BCUT2D eigenvalue weighted by Gasteiger charge is 2.18. The number of thiazole rings is 1. The first-order valence-electron chi connectivity index (χ1n) is 8.57. The van der Waals surface area contributed by atoms with Crippen molar-refractivity contribution >= 4 is 41.3 Å². The van der Waals surface area contributed by atoms with Crippen molar-refractivity contribution in [3.63, 3.8) is 0 Å². The number of halogens is 1. The Balaban J connectivity index is 0.00000264. The fraction of sp³-hybridized carbons (Fsp3) is 0.765. The van der Waals surface area contributed by atoms with E-state index in [9.17, 15) is 0 Å². The van der Waals surface area contributed by atoms with E-state index in [1.165, 1.54) is 23.5 Å². The van der Waals surface area contributed by atoms with Gasteiger partial charge in [-0.2, -0.15) is 0 Å². The molecule has 0 bridgehead atoms. The Bertz CT molecular complexity index is 479. The molecule has 132 valence electrons. The van der Waals surface area contributed by atoms with Gasteiger partial charge in [0.1, 0.15) is 0 Å². The van der Waals surface area contributed by atoms with Crippen LogP contribution in [0.3, 0.4) is 0 Å². The molecule has 2 heterocycles. The molecule has 23 heavy (non-hydrogen) atoms. The summed E-state index contributed by atoms with van der Waals surface area (Å²) in [7, 11) is 0. The summed E-state index contributed by atoms with van der Waals surface area (Å²) in [5.74, 6) is 2.45. The quantitative estimate of drug-likeness (QED) is 0.417. The number of guanidine groups is 1. The van der Waals surface area contributed by atoms with Crippen LogP contribution in [-0.4, -0.2) is 42.0 Å². The van der Waals surface area contributed by atoms with E-state index in [1.807, 2.05) is 0 Å². The molecule has 0 aliphatic carbocycles. The van der Waals surface area contributed by atoms with Gasteiger partial charge in [0.15, 0.2) is 5.96 Å². The Morgan fingerprint density at radius 1 is 1.43 bits per heavy atom. The van der Waals surface area contributed by atoms with Crippen LogP contribution >= 0.6 is 35.3 Å². The lowest BCUT2D eigenvalue weighted by Crippen LogP contribution is -2.45. The van der Waals surface area contributed by atoms with Crippen LogP contribution in [0.2, 0.25) is 0 Å². The summed E-state index contributed by atoms with van der Waals surface area (Å²) in [6, 6.07) is 0. The SMILES string of the molecule is CCNC(=NCCc1csc(C(C)C)n1)N1CCC(C)CC1.I. The molecular formula is C17H31IN4S. The first-order valence-corrected chi connectivity index (χ1v) is 9.45. The average Bonchev–Trinajstić information content (AvgIpc) is 2.96. The van der Waals surface area contributed by atoms with Crippen molar-refractivity contribution in [2.75, 3.05) is 26.2 Å². The smallest absolute Gasteiger partial charge is 0.193 e. The van der Waals surface area contributed by atoms with Crippen LogP contribution < -0.4 is 5.32 Å². The number of nitrogens with zero attached hydrogens (tertiary/aromatic N) is 3. The number of hydrogen-bond acceptors (Lipinski definition) is 3. The summed E-state index contributed by atoms with van der Waals surface area (Å²) >= 11 is 1.77. The van der Waals surface area contributed by atoms with Crippen LogP contribution in [0.4, 0.5) is 0 Å². The Morgan fingerprint density at radius 3 is 2.70 bits per heavy atom. The molecular weight excluding hydrogens is 419 g/mol. The summed E-state index contributed by atoms with van der Waals surface area (Å²) < 4.78 is 0. The Morgan fingerprint density at radius 2 is 2.13 bits per heavy atom. The zero-order valence-corrected chi connectivity index (χ0v) is 18.0. The first-order chi connectivity index (χ1) is 10.6. The van der Waals surface area contributed by atoms with E-state index < -0.39 is 0 Å². The van der Waals surface area contributed by atoms with Crippen LogP contribution in [0.1, 0.15) is 57.2 Å². The molecule has 2 rings (SSSR count). The molecule has 1 aliphatic rings. The normalized spacial score (nSPS) is 16.6. The van der Waals surface area contributed by atoms with Gasteiger partial charge in [0.25, 0.3) is 0 Å². The highest BCUT2D eigenvalue weighted by molar-refractivity contribution is 14.0. The predicted molar refractivity (Wildman–Crippen MR) is 111 cm³/mol. The minimum Gasteiger partial charge on any atom is -0.357 e. The number of aliphatic imine (C=N–C) groups is 1. The molecule has 1 aromatic heterocycles. The second-order valence-corrected chi connectivity index (χ2v) is 7.38. The summed E-state index contributed by atoms with van der Waals surface area (Å²) in [6.07, 6.45) is 3.48. The summed E-state index contributed by atoms with van der Waals surface area (Å²) in [5, 5.41) is 6.85. The van der Waals surface area contributed by atoms with E-state index in [0.717, 1.165) is 44.5 Å². The molecule has 1 aromatic rings. The molecule has 1 fully saturated rings. The predicted octanol–water partition coefficient (Wildman–Crippen LogP) is 4.12. The molecule has 1 saturated heterocycles. The monoisotopic (exact) mass is 450 g/mol. The van der Waals surface area contributed by atoms with Crippen LogP contribution in [0.25, 0.3) is 0 Å². The number of likely N-dealkylation sites (tertiary alicyclic amines) is 1. The lowest BCUT2D eigenvalue weighted by atomic mass is 10.00.